The van der Waals surface area contributed by atoms with E-state index < -0.39 is 19.4 Å². The number of nitro groups is 1. The van der Waals surface area contributed by atoms with E-state index in [-0.39, 0.29) is 12.3 Å². The Morgan fingerprint density at radius 1 is 1.26 bits per heavy atom. The first kappa shape index (κ1) is 18.9. The fourth-order valence-electron chi connectivity index (χ4n) is 1.47. The largest absolute Gasteiger partial charge is 0.513 e. The van der Waals surface area contributed by atoms with E-state index in [2.05, 4.69) is 19.6 Å². The van der Waals surface area contributed by atoms with Crippen molar-refractivity contribution in [2.24, 2.45) is 0 Å². The lowest BCUT2D eigenvalue weighted by atomic mass is 10.2. The minimum Gasteiger partial charge on any atom is -0.429 e. The molecule has 0 aliphatic heterocycles. The van der Waals surface area contributed by atoms with E-state index in [0.717, 1.165) is 0 Å². The van der Waals surface area contributed by atoms with Gasteiger partial charge in [0.2, 0.25) is 0 Å². The molecule has 1 aromatic carbocycles. The van der Waals surface area contributed by atoms with Crippen LogP contribution in [0.1, 0.15) is 12.5 Å². The first-order valence-corrected chi connectivity index (χ1v) is 10.5. The lowest BCUT2D eigenvalue weighted by molar-refractivity contribution is -0.384. The maximum atomic E-state index is 11.5. The molecular weight excluding hydrogens is 318 g/mol. The molecule has 1 aromatic rings. The highest BCUT2D eigenvalue weighted by atomic mass is 28.4. The van der Waals surface area contributed by atoms with Crippen LogP contribution in [0.4, 0.5) is 10.5 Å². The smallest absolute Gasteiger partial charge is 0.429 e. The number of nitrogens with zero attached hydrogens (tertiary/aromatic N) is 1. The summed E-state index contributed by atoms with van der Waals surface area (Å²) in [4.78, 5) is 21.6. The summed E-state index contributed by atoms with van der Waals surface area (Å²) in [6.07, 6.45) is 0.843. The van der Waals surface area contributed by atoms with E-state index in [4.69, 9.17) is 13.9 Å². The molecule has 0 aliphatic rings. The van der Waals surface area contributed by atoms with Crippen molar-refractivity contribution in [3.05, 3.63) is 51.8 Å². The molecule has 0 N–H and O–H groups in total. The molecule has 0 bridgehead atoms. The summed E-state index contributed by atoms with van der Waals surface area (Å²) in [5, 5.41) is 10.5. The van der Waals surface area contributed by atoms with Gasteiger partial charge >= 0.3 is 6.16 Å². The molecule has 0 saturated carbocycles. The Balaban J connectivity index is 2.38. The zero-order valence-electron chi connectivity index (χ0n) is 13.7. The Morgan fingerprint density at radius 3 is 2.39 bits per heavy atom. The van der Waals surface area contributed by atoms with Crippen molar-refractivity contribution in [2.45, 2.75) is 33.2 Å². The third-order valence-corrected chi connectivity index (χ3v) is 3.67. The number of hydrogen-bond donors (Lipinski definition) is 0. The Morgan fingerprint density at radius 2 is 1.87 bits per heavy atom. The quantitative estimate of drug-likeness (QED) is 0.245. The van der Waals surface area contributed by atoms with Crippen molar-refractivity contribution in [3.8, 4) is 0 Å². The lowest BCUT2D eigenvalue weighted by Crippen LogP contribution is -2.25. The van der Waals surface area contributed by atoms with Gasteiger partial charge < -0.3 is 13.9 Å². The van der Waals surface area contributed by atoms with Crippen molar-refractivity contribution >= 4 is 20.2 Å². The molecule has 0 amide bonds. The van der Waals surface area contributed by atoms with E-state index >= 15 is 0 Å². The molecule has 7 nitrogen and oxygen atoms in total. The summed E-state index contributed by atoms with van der Waals surface area (Å²) >= 11 is 0. The predicted octanol–water partition coefficient (Wildman–Crippen LogP) is 4.00. The molecule has 0 aliphatic carbocycles. The summed E-state index contributed by atoms with van der Waals surface area (Å²) < 4.78 is 15.5. The maximum Gasteiger partial charge on any atom is 0.513 e. The topological polar surface area (TPSA) is 87.9 Å². The Bertz CT molecular complexity index is 577. The lowest BCUT2D eigenvalue weighted by Gasteiger charge is -2.15. The van der Waals surface area contributed by atoms with Crippen LogP contribution in [0.2, 0.25) is 19.6 Å². The van der Waals surface area contributed by atoms with E-state index in [1.807, 2.05) is 0 Å². The summed E-state index contributed by atoms with van der Waals surface area (Å²) in [5.41, 5.74) is 0.619. The van der Waals surface area contributed by atoms with Crippen LogP contribution in [0, 0.1) is 10.1 Å². The van der Waals surface area contributed by atoms with Gasteiger partial charge in [-0.2, -0.15) is 0 Å². The second-order valence-corrected chi connectivity index (χ2v) is 10.3. The number of carbonyl (C=O) groups is 1. The molecule has 0 spiro atoms. The van der Waals surface area contributed by atoms with Crippen molar-refractivity contribution in [1.82, 2.24) is 0 Å². The second kappa shape index (κ2) is 8.44. The number of carbonyl (C=O) groups excluding carboxylic acids is 1. The van der Waals surface area contributed by atoms with Crippen molar-refractivity contribution in [2.75, 3.05) is 6.61 Å². The van der Waals surface area contributed by atoms with Gasteiger partial charge in [0.05, 0.1) is 11.5 Å². The molecule has 0 saturated heterocycles. The van der Waals surface area contributed by atoms with Gasteiger partial charge in [-0.1, -0.05) is 0 Å². The fourth-order valence-corrected chi connectivity index (χ4v) is 2.05. The summed E-state index contributed by atoms with van der Waals surface area (Å²) in [6.45, 7) is 8.20. The number of ether oxygens (including phenoxy) is 2. The molecule has 0 radical (unpaired) electrons. The molecule has 0 atom stereocenters. The first-order chi connectivity index (χ1) is 10.7. The van der Waals surface area contributed by atoms with Crippen LogP contribution >= 0.6 is 0 Å². The van der Waals surface area contributed by atoms with Gasteiger partial charge in [0.25, 0.3) is 5.69 Å². The summed E-state index contributed by atoms with van der Waals surface area (Å²) in [6, 6.07) is 5.75. The molecular formula is C15H21NO6Si. The minimum absolute atomic E-state index is 0.0162. The van der Waals surface area contributed by atoms with Gasteiger partial charge in [-0.05, 0) is 50.3 Å². The normalized spacial score (nSPS) is 11.9. The monoisotopic (exact) mass is 339 g/mol. The number of allylic oxidation sites excluding steroid dienone is 1. The molecule has 8 heteroatoms. The zero-order chi connectivity index (χ0) is 17.5. The molecule has 23 heavy (non-hydrogen) atoms. The molecule has 0 unspecified atom stereocenters. The highest BCUT2D eigenvalue weighted by Crippen LogP contribution is 2.13. The van der Waals surface area contributed by atoms with Gasteiger partial charge in [-0.15, -0.1) is 0 Å². The molecule has 0 fully saturated rings. The summed E-state index contributed by atoms with van der Waals surface area (Å²) in [7, 11) is -1.60. The van der Waals surface area contributed by atoms with Crippen molar-refractivity contribution in [1.29, 1.82) is 0 Å². The second-order valence-electron chi connectivity index (χ2n) is 5.80. The Hall–Kier alpha value is -2.19. The average molecular weight is 339 g/mol. The zero-order valence-corrected chi connectivity index (χ0v) is 14.7. The highest BCUT2D eigenvalue weighted by Gasteiger charge is 2.13. The van der Waals surface area contributed by atoms with E-state index in [0.29, 0.717) is 17.9 Å². The van der Waals surface area contributed by atoms with Gasteiger partial charge in [0.1, 0.15) is 12.4 Å². The van der Waals surface area contributed by atoms with Crippen LogP contribution in [0.3, 0.4) is 0 Å². The van der Waals surface area contributed by atoms with Crippen LogP contribution < -0.4 is 0 Å². The van der Waals surface area contributed by atoms with Crippen LogP contribution in [-0.4, -0.2) is 26.0 Å². The van der Waals surface area contributed by atoms with Gasteiger partial charge in [-0.3, -0.25) is 10.1 Å². The van der Waals surface area contributed by atoms with Crippen LogP contribution in [0.25, 0.3) is 0 Å². The predicted molar refractivity (Wildman–Crippen MR) is 87.4 cm³/mol. The third kappa shape index (κ3) is 8.12. The number of non-ortho nitro benzene ring substituents is 1. The van der Waals surface area contributed by atoms with Crippen LogP contribution in [0.15, 0.2) is 36.1 Å². The minimum atomic E-state index is -1.60. The maximum absolute atomic E-state index is 11.5. The van der Waals surface area contributed by atoms with Gasteiger partial charge in [-0.25, -0.2) is 4.79 Å². The highest BCUT2D eigenvalue weighted by molar-refractivity contribution is 6.69. The third-order valence-electron chi connectivity index (χ3n) is 2.64. The van der Waals surface area contributed by atoms with E-state index in [1.54, 1.807) is 13.0 Å². The van der Waals surface area contributed by atoms with Crippen LogP contribution in [0.5, 0.6) is 0 Å². The molecule has 0 heterocycles. The Labute approximate surface area is 136 Å². The first-order valence-electron chi connectivity index (χ1n) is 7.06. The van der Waals surface area contributed by atoms with E-state index in [9.17, 15) is 14.9 Å². The number of benzene rings is 1. The number of hydrogen-bond acceptors (Lipinski definition) is 6. The van der Waals surface area contributed by atoms with Crippen LogP contribution in [-0.2, 0) is 20.5 Å². The molecule has 1 rings (SSSR count). The fraction of sp³-hybridized carbons (Fsp3) is 0.400. The van der Waals surface area contributed by atoms with Gasteiger partial charge in [0, 0.05) is 12.1 Å². The SMILES string of the molecule is CC(=CCO[Si](C)(C)C)OC(=O)OCc1ccc([N+](=O)[O-])cc1. The number of nitro benzene ring substituents is 1. The summed E-state index contributed by atoms with van der Waals surface area (Å²) in [5.74, 6) is 0.400. The Kier molecular flexibility index (Phi) is 6.92. The number of rotatable bonds is 7. The van der Waals surface area contributed by atoms with Gasteiger partial charge in [0.15, 0.2) is 8.32 Å². The average Bonchev–Trinajstić information content (AvgIpc) is 2.44. The standard InChI is InChI=1S/C15H21NO6Si/c1-12(9-10-21-23(2,3)4)22-15(17)20-11-13-5-7-14(8-6-13)16(18)19/h5-9H,10-11H2,1-4H3. The molecule has 0 aromatic heterocycles. The van der Waals surface area contributed by atoms with Crippen molar-refractivity contribution in [3.63, 3.8) is 0 Å². The van der Waals surface area contributed by atoms with Crippen molar-refractivity contribution < 1.29 is 23.6 Å². The molecule has 126 valence electrons. The van der Waals surface area contributed by atoms with E-state index in [1.165, 1.54) is 24.3 Å².